The lowest BCUT2D eigenvalue weighted by Gasteiger charge is -2.11. The first-order valence-corrected chi connectivity index (χ1v) is 7.13. The minimum Gasteiger partial charge on any atom is -0.379 e. The van der Waals surface area contributed by atoms with Crippen LogP contribution < -0.4 is 5.32 Å². The van der Waals surface area contributed by atoms with E-state index in [9.17, 15) is 4.79 Å². The van der Waals surface area contributed by atoms with Crippen LogP contribution in [0.5, 0.6) is 0 Å². The summed E-state index contributed by atoms with van der Waals surface area (Å²) in [7, 11) is 0. The number of carbonyl (C=O) groups excluding carboxylic acids is 1. The van der Waals surface area contributed by atoms with Crippen molar-refractivity contribution in [2.75, 3.05) is 13.2 Å². The van der Waals surface area contributed by atoms with E-state index in [4.69, 9.17) is 16.3 Å². The zero-order valence-corrected chi connectivity index (χ0v) is 12.3. The number of hydrogen-bond donors (Lipinski definition) is 1. The van der Waals surface area contributed by atoms with E-state index in [-0.39, 0.29) is 12.0 Å². The molecule has 1 atom stereocenters. The highest BCUT2D eigenvalue weighted by atomic mass is 35.5. The lowest BCUT2D eigenvalue weighted by Crippen LogP contribution is -2.28. The summed E-state index contributed by atoms with van der Waals surface area (Å²) in [6.45, 7) is 5.40. The standard InChI is InChI=1S/C15H22ClNO2/c1-12(2)19-11-7-6-10-17-15(18)14(16)13-8-4-3-5-9-13/h3-5,8-9,12,14H,6-7,10-11H2,1-2H3,(H,17,18). The normalized spacial score (nSPS) is 12.4. The Kier molecular flexibility index (Phi) is 7.53. The first kappa shape index (κ1) is 16.0. The lowest BCUT2D eigenvalue weighted by atomic mass is 10.1. The van der Waals surface area contributed by atoms with Crippen LogP contribution in [0.2, 0.25) is 0 Å². The Morgan fingerprint density at radius 1 is 1.26 bits per heavy atom. The molecule has 0 radical (unpaired) electrons. The van der Waals surface area contributed by atoms with Gasteiger partial charge in [0.1, 0.15) is 5.38 Å². The molecule has 0 aliphatic rings. The number of benzene rings is 1. The van der Waals surface area contributed by atoms with Gasteiger partial charge in [-0.2, -0.15) is 0 Å². The van der Waals surface area contributed by atoms with Gasteiger partial charge in [0.15, 0.2) is 0 Å². The smallest absolute Gasteiger partial charge is 0.242 e. The molecule has 0 fully saturated rings. The molecule has 0 aromatic heterocycles. The van der Waals surface area contributed by atoms with Crippen molar-refractivity contribution in [3.05, 3.63) is 35.9 Å². The van der Waals surface area contributed by atoms with Crippen molar-refractivity contribution in [1.82, 2.24) is 5.32 Å². The van der Waals surface area contributed by atoms with Gasteiger partial charge in [-0.3, -0.25) is 4.79 Å². The minimum atomic E-state index is -0.617. The Morgan fingerprint density at radius 2 is 1.95 bits per heavy atom. The highest BCUT2D eigenvalue weighted by molar-refractivity contribution is 6.30. The molecule has 19 heavy (non-hydrogen) atoms. The van der Waals surface area contributed by atoms with E-state index in [1.807, 2.05) is 44.2 Å². The van der Waals surface area contributed by atoms with Crippen molar-refractivity contribution in [3.8, 4) is 0 Å². The predicted octanol–water partition coefficient (Wildman–Crippen LogP) is 3.29. The monoisotopic (exact) mass is 283 g/mol. The molecule has 0 saturated heterocycles. The van der Waals surface area contributed by atoms with Crippen LogP contribution in [0.3, 0.4) is 0 Å². The largest absolute Gasteiger partial charge is 0.379 e. The van der Waals surface area contributed by atoms with Gasteiger partial charge in [0.2, 0.25) is 5.91 Å². The Bertz CT molecular complexity index is 368. The molecule has 1 aromatic carbocycles. The van der Waals surface area contributed by atoms with E-state index in [1.54, 1.807) is 0 Å². The topological polar surface area (TPSA) is 38.3 Å². The van der Waals surface area contributed by atoms with Crippen molar-refractivity contribution >= 4 is 17.5 Å². The average Bonchev–Trinajstić information content (AvgIpc) is 2.42. The number of ether oxygens (including phenoxy) is 1. The van der Waals surface area contributed by atoms with Crippen molar-refractivity contribution in [3.63, 3.8) is 0 Å². The Hall–Kier alpha value is -1.06. The number of alkyl halides is 1. The fraction of sp³-hybridized carbons (Fsp3) is 0.533. The van der Waals surface area contributed by atoms with Crippen molar-refractivity contribution < 1.29 is 9.53 Å². The molecule has 0 heterocycles. The Morgan fingerprint density at radius 3 is 2.58 bits per heavy atom. The van der Waals surface area contributed by atoms with E-state index >= 15 is 0 Å². The lowest BCUT2D eigenvalue weighted by molar-refractivity contribution is -0.120. The van der Waals surface area contributed by atoms with Crippen LogP contribution >= 0.6 is 11.6 Å². The van der Waals surface area contributed by atoms with Crippen LogP contribution in [-0.4, -0.2) is 25.2 Å². The SMILES string of the molecule is CC(C)OCCCCNC(=O)C(Cl)c1ccccc1. The van der Waals surface area contributed by atoms with Gasteiger partial charge >= 0.3 is 0 Å². The van der Waals surface area contributed by atoms with Crippen LogP contribution in [-0.2, 0) is 9.53 Å². The Balaban J connectivity index is 2.17. The van der Waals surface area contributed by atoms with Gasteiger partial charge in [0, 0.05) is 13.2 Å². The van der Waals surface area contributed by atoms with Crippen molar-refractivity contribution in [2.24, 2.45) is 0 Å². The zero-order valence-electron chi connectivity index (χ0n) is 11.6. The summed E-state index contributed by atoms with van der Waals surface area (Å²) in [4.78, 5) is 11.8. The third-order valence-corrected chi connectivity index (χ3v) is 3.09. The maximum atomic E-state index is 11.8. The van der Waals surface area contributed by atoms with Gasteiger partial charge < -0.3 is 10.1 Å². The number of nitrogens with one attached hydrogen (secondary N) is 1. The van der Waals surface area contributed by atoms with Gasteiger partial charge in [-0.15, -0.1) is 11.6 Å². The third-order valence-electron chi connectivity index (χ3n) is 2.64. The Labute approximate surface area is 120 Å². The molecule has 1 aromatic rings. The van der Waals surface area contributed by atoms with Crippen molar-refractivity contribution in [1.29, 1.82) is 0 Å². The van der Waals surface area contributed by atoms with E-state index in [2.05, 4.69) is 5.32 Å². The van der Waals surface area contributed by atoms with Gasteiger partial charge in [0.05, 0.1) is 6.10 Å². The quantitative estimate of drug-likeness (QED) is 0.587. The van der Waals surface area contributed by atoms with E-state index < -0.39 is 5.38 Å². The molecule has 106 valence electrons. The number of unbranched alkanes of at least 4 members (excludes halogenated alkanes) is 1. The molecule has 0 saturated carbocycles. The minimum absolute atomic E-state index is 0.141. The van der Waals surface area contributed by atoms with E-state index in [0.717, 1.165) is 25.0 Å². The third kappa shape index (κ3) is 6.60. The van der Waals surface area contributed by atoms with Gasteiger partial charge in [-0.1, -0.05) is 30.3 Å². The number of carbonyl (C=O) groups is 1. The van der Waals surface area contributed by atoms with Crippen LogP contribution in [0.25, 0.3) is 0 Å². The molecule has 3 nitrogen and oxygen atoms in total. The van der Waals surface area contributed by atoms with Crippen LogP contribution in [0.15, 0.2) is 30.3 Å². The maximum absolute atomic E-state index is 11.8. The molecular weight excluding hydrogens is 262 g/mol. The first-order valence-electron chi connectivity index (χ1n) is 6.69. The first-order chi connectivity index (χ1) is 9.11. The fourth-order valence-corrected chi connectivity index (χ4v) is 1.84. The molecule has 0 bridgehead atoms. The van der Waals surface area contributed by atoms with E-state index in [1.165, 1.54) is 0 Å². The molecule has 0 spiro atoms. The number of hydrogen-bond acceptors (Lipinski definition) is 2. The summed E-state index contributed by atoms with van der Waals surface area (Å²) < 4.78 is 5.43. The fourth-order valence-electron chi connectivity index (χ4n) is 1.62. The summed E-state index contributed by atoms with van der Waals surface area (Å²) in [5, 5.41) is 2.23. The summed E-state index contributed by atoms with van der Waals surface area (Å²) in [5.74, 6) is -0.141. The number of rotatable bonds is 8. The molecule has 1 rings (SSSR count). The summed E-state index contributed by atoms with van der Waals surface area (Å²) >= 11 is 6.10. The molecule has 1 N–H and O–H groups in total. The highest BCUT2D eigenvalue weighted by Gasteiger charge is 2.16. The molecule has 4 heteroatoms. The second kappa shape index (κ2) is 8.94. The highest BCUT2D eigenvalue weighted by Crippen LogP contribution is 2.19. The van der Waals surface area contributed by atoms with Crippen LogP contribution in [0.4, 0.5) is 0 Å². The number of amides is 1. The van der Waals surface area contributed by atoms with Crippen LogP contribution in [0, 0.1) is 0 Å². The van der Waals surface area contributed by atoms with Gasteiger partial charge in [0.25, 0.3) is 0 Å². The zero-order chi connectivity index (χ0) is 14.1. The summed E-state index contributed by atoms with van der Waals surface area (Å²) in [6.07, 6.45) is 2.10. The maximum Gasteiger partial charge on any atom is 0.242 e. The molecular formula is C15H22ClNO2. The van der Waals surface area contributed by atoms with E-state index in [0.29, 0.717) is 6.54 Å². The summed E-state index contributed by atoms with van der Waals surface area (Å²) in [6, 6.07) is 9.36. The van der Waals surface area contributed by atoms with Gasteiger partial charge in [-0.25, -0.2) is 0 Å². The molecule has 0 aliphatic heterocycles. The predicted molar refractivity (Wildman–Crippen MR) is 78.4 cm³/mol. The van der Waals surface area contributed by atoms with Crippen LogP contribution in [0.1, 0.15) is 37.6 Å². The molecule has 1 unspecified atom stereocenters. The molecule has 0 aliphatic carbocycles. The second-order valence-electron chi connectivity index (χ2n) is 4.69. The van der Waals surface area contributed by atoms with Crippen molar-refractivity contribution in [2.45, 2.75) is 38.2 Å². The molecule has 1 amide bonds. The number of halogens is 1. The average molecular weight is 284 g/mol. The second-order valence-corrected chi connectivity index (χ2v) is 5.13. The summed E-state index contributed by atoms with van der Waals surface area (Å²) in [5.41, 5.74) is 0.824. The van der Waals surface area contributed by atoms with Gasteiger partial charge in [-0.05, 0) is 32.3 Å².